The summed E-state index contributed by atoms with van der Waals surface area (Å²) in [6.07, 6.45) is 2.53. The van der Waals surface area contributed by atoms with Crippen LogP contribution in [0.5, 0.6) is 0 Å². The van der Waals surface area contributed by atoms with E-state index in [2.05, 4.69) is 12.0 Å². The lowest BCUT2D eigenvalue weighted by Crippen LogP contribution is -2.29. The highest BCUT2D eigenvalue weighted by Gasteiger charge is 2.22. The molecule has 0 saturated carbocycles. The number of hydrazone groups is 1. The van der Waals surface area contributed by atoms with E-state index in [1.807, 2.05) is 0 Å². The van der Waals surface area contributed by atoms with Gasteiger partial charge in [-0.05, 0) is 6.42 Å². The molecule has 1 atom stereocenters. The molecule has 0 aromatic rings. The van der Waals surface area contributed by atoms with Gasteiger partial charge in [0, 0.05) is 18.3 Å². The molecule has 1 heterocycles. The molecule has 3 nitrogen and oxygen atoms in total. The molecule has 5 heteroatoms. The van der Waals surface area contributed by atoms with E-state index in [0.29, 0.717) is 0 Å². The minimum Gasteiger partial charge on any atom is -0.258 e. The fourth-order valence-corrected chi connectivity index (χ4v) is 1.08. The third-order valence-electron chi connectivity index (χ3n) is 1.21. The van der Waals surface area contributed by atoms with Crippen LogP contribution in [0, 0.1) is 0 Å². The van der Waals surface area contributed by atoms with Crippen molar-refractivity contribution >= 4 is 29.7 Å². The van der Waals surface area contributed by atoms with Gasteiger partial charge in [-0.25, -0.2) is 4.42 Å². The second kappa shape index (κ2) is 3.30. The first kappa shape index (κ1) is 7.95. The van der Waals surface area contributed by atoms with Crippen molar-refractivity contribution in [3.05, 3.63) is 0 Å². The van der Waals surface area contributed by atoms with Crippen LogP contribution in [0.15, 0.2) is 5.10 Å². The van der Waals surface area contributed by atoms with Gasteiger partial charge in [0.25, 0.3) is 0 Å². The van der Waals surface area contributed by atoms with Crippen molar-refractivity contribution < 1.29 is 0 Å². The molecule has 0 bridgehead atoms. The molecule has 0 saturated heterocycles. The summed E-state index contributed by atoms with van der Waals surface area (Å²) in [5.41, 5.74) is -0.318. The third kappa shape index (κ3) is 1.47. The van der Waals surface area contributed by atoms with E-state index in [-0.39, 0.29) is 5.62 Å². The fraction of sp³-hybridized carbons (Fsp3) is 0.800. The van der Waals surface area contributed by atoms with E-state index >= 15 is 0 Å². The quantitative estimate of drug-likeness (QED) is 0.367. The maximum atomic E-state index is 5.80. The monoisotopic (exact) mass is 181 g/mol. The summed E-state index contributed by atoms with van der Waals surface area (Å²) in [5, 5.41) is 5.69. The zero-order chi connectivity index (χ0) is 7.56. The van der Waals surface area contributed by atoms with Crippen LogP contribution in [0.3, 0.4) is 0 Å². The zero-order valence-corrected chi connectivity index (χ0v) is 7.18. The predicted octanol–water partition coefficient (Wildman–Crippen LogP) is 1.63. The second-order valence-corrected chi connectivity index (χ2v) is 2.83. The summed E-state index contributed by atoms with van der Waals surface area (Å²) in [7, 11) is 0. The maximum absolute atomic E-state index is 5.80. The predicted molar refractivity (Wildman–Crippen MR) is 42.8 cm³/mol. The van der Waals surface area contributed by atoms with E-state index in [9.17, 15) is 0 Å². The smallest absolute Gasteiger partial charge is 0.209 e. The number of rotatable bonds is 2. The first-order valence-electron chi connectivity index (χ1n) is 3.14. The van der Waals surface area contributed by atoms with E-state index in [1.165, 1.54) is 10.8 Å². The average Bonchev–Trinajstić information content (AvgIpc) is 2.20. The van der Waals surface area contributed by atoms with Crippen molar-refractivity contribution in [2.45, 2.75) is 19.0 Å². The van der Waals surface area contributed by atoms with Gasteiger partial charge in [-0.1, -0.05) is 18.5 Å². The Morgan fingerprint density at radius 1 is 1.70 bits per heavy atom. The van der Waals surface area contributed by atoms with Crippen LogP contribution in [-0.2, 0) is 0 Å². The topological polar surface area (TPSA) is 18.8 Å². The Labute approximate surface area is 70.3 Å². The number of halogens is 2. The van der Waals surface area contributed by atoms with Gasteiger partial charge in [-0.2, -0.15) is 5.10 Å². The van der Waals surface area contributed by atoms with Crippen molar-refractivity contribution in [1.82, 2.24) is 9.43 Å². The molecule has 0 aliphatic carbocycles. The van der Waals surface area contributed by atoms with Crippen molar-refractivity contribution in [3.8, 4) is 0 Å². The zero-order valence-electron chi connectivity index (χ0n) is 5.67. The van der Waals surface area contributed by atoms with Gasteiger partial charge in [-0.3, -0.25) is 5.01 Å². The van der Waals surface area contributed by atoms with Gasteiger partial charge >= 0.3 is 0 Å². The van der Waals surface area contributed by atoms with Crippen LogP contribution in [0.25, 0.3) is 0 Å². The molecule has 0 amide bonds. The Kier molecular flexibility index (Phi) is 2.63. The van der Waals surface area contributed by atoms with E-state index in [0.717, 1.165) is 13.0 Å². The average molecular weight is 182 g/mol. The highest BCUT2D eigenvalue weighted by molar-refractivity contribution is 6.28. The molecular weight excluding hydrogens is 173 g/mol. The van der Waals surface area contributed by atoms with Crippen LogP contribution in [-0.4, -0.2) is 27.9 Å². The molecule has 10 heavy (non-hydrogen) atoms. The SMILES string of the molecule is CCCN1N=CN(Cl)C1Cl. The lowest BCUT2D eigenvalue weighted by atomic mass is 10.5. The van der Waals surface area contributed by atoms with Gasteiger partial charge < -0.3 is 0 Å². The van der Waals surface area contributed by atoms with Gasteiger partial charge in [0.2, 0.25) is 5.62 Å². The Morgan fingerprint density at radius 2 is 2.40 bits per heavy atom. The fourth-order valence-electron chi connectivity index (χ4n) is 0.746. The summed E-state index contributed by atoms with van der Waals surface area (Å²) in [5.74, 6) is 0. The van der Waals surface area contributed by atoms with E-state index in [1.54, 1.807) is 5.01 Å². The molecule has 0 spiro atoms. The third-order valence-corrected chi connectivity index (χ3v) is 2.02. The highest BCUT2D eigenvalue weighted by atomic mass is 35.5. The molecule has 0 radical (unpaired) electrons. The van der Waals surface area contributed by atoms with Crippen molar-refractivity contribution in [3.63, 3.8) is 0 Å². The van der Waals surface area contributed by atoms with Crippen LogP contribution in [0.1, 0.15) is 13.3 Å². The lowest BCUT2D eigenvalue weighted by molar-refractivity contribution is 0.244. The molecule has 0 N–H and O–H groups in total. The molecule has 0 fully saturated rings. The minimum atomic E-state index is -0.318. The van der Waals surface area contributed by atoms with Crippen molar-refractivity contribution in [2.75, 3.05) is 6.54 Å². The summed E-state index contributed by atoms with van der Waals surface area (Å²) in [4.78, 5) is 0. The first-order valence-corrected chi connectivity index (χ1v) is 3.92. The molecule has 0 aromatic heterocycles. The van der Waals surface area contributed by atoms with E-state index < -0.39 is 0 Å². The molecule has 1 aliphatic rings. The van der Waals surface area contributed by atoms with Crippen LogP contribution in [0.4, 0.5) is 0 Å². The summed E-state index contributed by atoms with van der Waals surface area (Å²) in [6, 6.07) is 0. The van der Waals surface area contributed by atoms with Gasteiger partial charge in [0.15, 0.2) is 0 Å². The molecule has 0 aromatic carbocycles. The number of hydrogen-bond acceptors (Lipinski definition) is 3. The molecular formula is C5H9Cl2N3. The summed E-state index contributed by atoms with van der Waals surface area (Å²) < 4.78 is 1.34. The minimum absolute atomic E-state index is 0.318. The van der Waals surface area contributed by atoms with Crippen molar-refractivity contribution in [1.29, 1.82) is 0 Å². The second-order valence-electron chi connectivity index (χ2n) is 2.05. The number of nitrogens with zero attached hydrogens (tertiary/aromatic N) is 3. The Balaban J connectivity index is 2.41. The Morgan fingerprint density at radius 3 is 2.80 bits per heavy atom. The number of alkyl halides is 1. The molecule has 1 rings (SSSR count). The summed E-state index contributed by atoms with van der Waals surface area (Å²) in [6.45, 7) is 2.91. The van der Waals surface area contributed by atoms with Crippen LogP contribution >= 0.6 is 23.4 Å². The normalized spacial score (nSPS) is 24.5. The number of hydrogen-bond donors (Lipinski definition) is 0. The van der Waals surface area contributed by atoms with E-state index in [4.69, 9.17) is 23.4 Å². The van der Waals surface area contributed by atoms with Gasteiger partial charge in [0.05, 0.1) is 0 Å². The lowest BCUT2D eigenvalue weighted by Gasteiger charge is -2.19. The molecule has 58 valence electrons. The van der Waals surface area contributed by atoms with Crippen LogP contribution < -0.4 is 0 Å². The Bertz CT molecular complexity index is 139. The first-order chi connectivity index (χ1) is 4.75. The highest BCUT2D eigenvalue weighted by Crippen LogP contribution is 2.17. The van der Waals surface area contributed by atoms with Crippen molar-refractivity contribution in [2.24, 2.45) is 5.10 Å². The van der Waals surface area contributed by atoms with Gasteiger partial charge in [-0.15, -0.1) is 0 Å². The maximum Gasteiger partial charge on any atom is 0.209 e. The molecule has 1 unspecified atom stereocenters. The van der Waals surface area contributed by atoms with Gasteiger partial charge in [0.1, 0.15) is 6.34 Å². The van der Waals surface area contributed by atoms with Crippen LogP contribution in [0.2, 0.25) is 0 Å². The molecule has 1 aliphatic heterocycles. The Hall–Kier alpha value is -0.150. The standard InChI is InChI=1S/C5H9Cl2N3/c1-2-3-10-5(6)9(7)4-8-10/h4-5H,2-3H2,1H3. The largest absolute Gasteiger partial charge is 0.258 e. The summed E-state index contributed by atoms with van der Waals surface area (Å²) >= 11 is 11.4.